The number of carbonyl (C=O) groups is 3. The van der Waals surface area contributed by atoms with Crippen molar-refractivity contribution in [3.63, 3.8) is 0 Å². The minimum Gasteiger partial charge on any atom is -0.496 e. The number of carboxylic acid groups (broad SMARTS) is 1. The average Bonchev–Trinajstić information content (AvgIpc) is 2.93. The zero-order valence-corrected chi connectivity index (χ0v) is 15.8. The number of methoxy groups -OCH3 is 2. The smallest absolute Gasteiger partial charge is 0.322 e. The number of hydrogen-bond acceptors (Lipinski definition) is 7. The molecule has 0 radical (unpaired) electrons. The van der Waals surface area contributed by atoms with Gasteiger partial charge in [0.1, 0.15) is 35.4 Å². The highest BCUT2D eigenvalue weighted by atomic mass is 32.2. The highest BCUT2D eigenvalue weighted by Crippen LogP contribution is 2.39. The number of nitrogens with one attached hydrogen (secondary N) is 2. The highest BCUT2D eigenvalue weighted by molar-refractivity contribution is 8.01. The van der Waals surface area contributed by atoms with Gasteiger partial charge in [0.2, 0.25) is 0 Å². The van der Waals surface area contributed by atoms with Gasteiger partial charge in [0.05, 0.1) is 19.6 Å². The van der Waals surface area contributed by atoms with Crippen LogP contribution >= 0.6 is 11.8 Å². The molecule has 1 amide bonds. The Kier molecular flexibility index (Phi) is 6.14. The number of carboxylic acids is 1. The maximum absolute atomic E-state index is 12.7. The predicted molar refractivity (Wildman–Crippen MR) is 96.9 cm³/mol. The van der Waals surface area contributed by atoms with Gasteiger partial charge in [0, 0.05) is 4.75 Å². The molecule has 0 unspecified atom stereocenters. The van der Waals surface area contributed by atoms with Crippen molar-refractivity contribution in [1.82, 2.24) is 10.6 Å². The van der Waals surface area contributed by atoms with Crippen molar-refractivity contribution < 1.29 is 29.0 Å². The fourth-order valence-corrected chi connectivity index (χ4v) is 4.26. The number of aldehydes is 1. The van der Waals surface area contributed by atoms with Crippen molar-refractivity contribution in [2.45, 2.75) is 36.1 Å². The van der Waals surface area contributed by atoms with Gasteiger partial charge in [-0.15, -0.1) is 11.8 Å². The Morgan fingerprint density at radius 3 is 2.31 bits per heavy atom. The average molecular weight is 382 g/mol. The summed E-state index contributed by atoms with van der Waals surface area (Å²) in [6.45, 7) is 3.55. The molecular formula is C17H22N2O6S. The Morgan fingerprint density at radius 2 is 1.88 bits per heavy atom. The molecule has 1 aliphatic rings. The quantitative estimate of drug-likeness (QED) is 0.596. The van der Waals surface area contributed by atoms with E-state index in [0.29, 0.717) is 17.8 Å². The largest absolute Gasteiger partial charge is 0.496 e. The van der Waals surface area contributed by atoms with Crippen LogP contribution in [0, 0.1) is 0 Å². The minimum atomic E-state index is -1.01. The SMILES string of the molecule is COc1cccc(OC)c1C(=O)N[C@H](C=O)[C@@H]1N[C@@H](C(=O)O)C(C)(C)S1. The number of amides is 1. The van der Waals surface area contributed by atoms with Gasteiger partial charge in [-0.1, -0.05) is 6.07 Å². The Hall–Kier alpha value is -2.26. The van der Waals surface area contributed by atoms with Crippen LogP contribution in [0.15, 0.2) is 18.2 Å². The number of ether oxygens (including phenoxy) is 2. The van der Waals surface area contributed by atoms with Crippen LogP contribution in [0.3, 0.4) is 0 Å². The highest BCUT2D eigenvalue weighted by Gasteiger charge is 2.47. The Labute approximate surface area is 155 Å². The van der Waals surface area contributed by atoms with Crippen molar-refractivity contribution in [2.75, 3.05) is 14.2 Å². The van der Waals surface area contributed by atoms with E-state index in [-0.39, 0.29) is 5.56 Å². The van der Waals surface area contributed by atoms with E-state index in [2.05, 4.69) is 10.6 Å². The molecule has 9 heteroatoms. The van der Waals surface area contributed by atoms with Crippen LogP contribution < -0.4 is 20.1 Å². The monoisotopic (exact) mass is 382 g/mol. The van der Waals surface area contributed by atoms with E-state index in [1.165, 1.54) is 26.0 Å². The summed E-state index contributed by atoms with van der Waals surface area (Å²) in [6, 6.07) is 3.14. The van der Waals surface area contributed by atoms with Crippen LogP contribution in [0.4, 0.5) is 0 Å². The van der Waals surface area contributed by atoms with Crippen LogP contribution in [-0.4, -0.2) is 59.7 Å². The van der Waals surface area contributed by atoms with E-state index in [1.54, 1.807) is 32.0 Å². The second kappa shape index (κ2) is 7.96. The summed E-state index contributed by atoms with van der Waals surface area (Å²) >= 11 is 1.29. The number of hydrogen-bond donors (Lipinski definition) is 3. The summed E-state index contributed by atoms with van der Waals surface area (Å²) < 4.78 is 9.77. The molecule has 142 valence electrons. The Bertz CT molecular complexity index is 686. The Balaban J connectivity index is 2.23. The van der Waals surface area contributed by atoms with Crippen molar-refractivity contribution >= 4 is 29.9 Å². The second-order valence-corrected chi connectivity index (χ2v) is 8.05. The van der Waals surface area contributed by atoms with Gasteiger partial charge in [-0.2, -0.15) is 0 Å². The lowest BCUT2D eigenvalue weighted by Gasteiger charge is -2.22. The number of benzene rings is 1. The predicted octanol–water partition coefficient (Wildman–Crippen LogP) is 0.895. The molecule has 2 rings (SSSR count). The molecule has 0 bridgehead atoms. The molecule has 1 aromatic rings. The van der Waals surface area contributed by atoms with Crippen molar-refractivity contribution in [2.24, 2.45) is 0 Å². The van der Waals surface area contributed by atoms with E-state index in [0.717, 1.165) is 0 Å². The first-order chi connectivity index (χ1) is 12.2. The first-order valence-electron chi connectivity index (χ1n) is 7.89. The van der Waals surface area contributed by atoms with E-state index in [9.17, 15) is 19.5 Å². The fraction of sp³-hybridized carbons (Fsp3) is 0.471. The van der Waals surface area contributed by atoms with Crippen LogP contribution in [-0.2, 0) is 9.59 Å². The van der Waals surface area contributed by atoms with Crippen molar-refractivity contribution in [3.8, 4) is 11.5 Å². The number of rotatable bonds is 7. The lowest BCUT2D eigenvalue weighted by atomic mass is 10.0. The van der Waals surface area contributed by atoms with E-state index in [1.807, 2.05) is 0 Å². The summed E-state index contributed by atoms with van der Waals surface area (Å²) in [5, 5.41) is 14.3. The number of aliphatic carboxylic acids is 1. The topological polar surface area (TPSA) is 114 Å². The van der Waals surface area contributed by atoms with Crippen molar-refractivity contribution in [1.29, 1.82) is 0 Å². The normalized spacial score (nSPS) is 22.3. The van der Waals surface area contributed by atoms with Gasteiger partial charge >= 0.3 is 5.97 Å². The molecule has 1 saturated heterocycles. The van der Waals surface area contributed by atoms with Gasteiger partial charge in [-0.25, -0.2) is 0 Å². The molecule has 0 aromatic heterocycles. The molecule has 1 aromatic carbocycles. The van der Waals surface area contributed by atoms with E-state index in [4.69, 9.17) is 9.47 Å². The number of thioether (sulfide) groups is 1. The standard InChI is InChI=1S/C17H22N2O6S/c1-17(2)13(16(22)23)19-15(26-17)9(8-20)18-14(21)12-10(24-3)6-5-7-11(12)25-4/h5-9,13,15,19H,1-4H3,(H,18,21)(H,22,23)/t9-,13+,15-/m1/s1. The van der Waals surface area contributed by atoms with E-state index >= 15 is 0 Å². The first kappa shape index (κ1) is 20.1. The molecule has 3 N–H and O–H groups in total. The fourth-order valence-electron chi connectivity index (χ4n) is 2.82. The molecule has 0 spiro atoms. The zero-order chi connectivity index (χ0) is 19.5. The van der Waals surface area contributed by atoms with Gasteiger partial charge < -0.3 is 24.7 Å². The lowest BCUT2D eigenvalue weighted by Crippen LogP contribution is -2.51. The molecule has 0 saturated carbocycles. The molecule has 26 heavy (non-hydrogen) atoms. The van der Waals surface area contributed by atoms with Crippen LogP contribution in [0.25, 0.3) is 0 Å². The van der Waals surface area contributed by atoms with Gasteiger partial charge in [-0.3, -0.25) is 14.9 Å². The summed E-state index contributed by atoms with van der Waals surface area (Å²) in [5.41, 5.74) is 0.168. The maximum atomic E-state index is 12.7. The van der Waals surface area contributed by atoms with Crippen LogP contribution in [0.1, 0.15) is 24.2 Å². The first-order valence-corrected chi connectivity index (χ1v) is 8.77. The second-order valence-electron chi connectivity index (χ2n) is 6.25. The molecule has 1 heterocycles. The van der Waals surface area contributed by atoms with Crippen LogP contribution in [0.5, 0.6) is 11.5 Å². The van der Waals surface area contributed by atoms with Gasteiger partial charge in [-0.05, 0) is 26.0 Å². The lowest BCUT2D eigenvalue weighted by molar-refractivity contribution is -0.140. The van der Waals surface area contributed by atoms with Crippen LogP contribution in [0.2, 0.25) is 0 Å². The van der Waals surface area contributed by atoms with E-state index < -0.39 is 34.1 Å². The molecule has 3 atom stereocenters. The van der Waals surface area contributed by atoms with Gasteiger partial charge in [0.15, 0.2) is 0 Å². The molecule has 8 nitrogen and oxygen atoms in total. The Morgan fingerprint density at radius 1 is 1.31 bits per heavy atom. The zero-order valence-electron chi connectivity index (χ0n) is 14.9. The third kappa shape index (κ3) is 3.94. The summed E-state index contributed by atoms with van der Waals surface area (Å²) in [6.07, 6.45) is 0.588. The van der Waals surface area contributed by atoms with Crippen molar-refractivity contribution in [3.05, 3.63) is 23.8 Å². The number of carbonyl (C=O) groups excluding carboxylic acids is 2. The molecule has 1 aliphatic heterocycles. The molecule has 1 fully saturated rings. The third-order valence-electron chi connectivity index (χ3n) is 4.13. The molecular weight excluding hydrogens is 360 g/mol. The maximum Gasteiger partial charge on any atom is 0.322 e. The summed E-state index contributed by atoms with van der Waals surface area (Å²) in [7, 11) is 2.86. The summed E-state index contributed by atoms with van der Waals surface area (Å²) in [4.78, 5) is 35.7. The minimum absolute atomic E-state index is 0.168. The van der Waals surface area contributed by atoms with Gasteiger partial charge in [0.25, 0.3) is 5.91 Å². The third-order valence-corrected chi connectivity index (χ3v) is 5.66. The molecule has 0 aliphatic carbocycles. The summed E-state index contributed by atoms with van der Waals surface area (Å²) in [5.74, 6) is -0.938.